The topological polar surface area (TPSA) is 91.3 Å². The van der Waals surface area contributed by atoms with E-state index < -0.39 is 5.79 Å². The first-order valence-corrected chi connectivity index (χ1v) is 12.8. The van der Waals surface area contributed by atoms with E-state index in [0.717, 1.165) is 24.5 Å². The minimum atomic E-state index is -0.582. The fourth-order valence-corrected chi connectivity index (χ4v) is 6.37. The van der Waals surface area contributed by atoms with E-state index in [1.54, 1.807) is 0 Å². The van der Waals surface area contributed by atoms with Crippen molar-refractivity contribution >= 4 is 17.0 Å². The molecule has 2 aliphatic carbocycles. The standard InChI is InChI=1S/C25H40N6O2/c1-6-7-8-16-9-18(10-16)30(15(2)3)12-17-11-19(22-21(17)32-25(4,5)33-22)31-14-29-20-23(26)27-13-28-24(20)31/h13-19,21-22H,6-12H2,1-5H3,(H2,26,27,28)/t16?,17-,18?,19-,21-,22+/m1/s1. The number of hydrogen-bond acceptors (Lipinski definition) is 7. The zero-order valence-electron chi connectivity index (χ0n) is 20.8. The van der Waals surface area contributed by atoms with Crippen molar-refractivity contribution in [3.63, 3.8) is 0 Å². The van der Waals surface area contributed by atoms with Crippen LogP contribution in [0.3, 0.4) is 0 Å². The monoisotopic (exact) mass is 456 g/mol. The highest BCUT2D eigenvalue weighted by molar-refractivity contribution is 5.81. The molecule has 3 fully saturated rings. The van der Waals surface area contributed by atoms with E-state index >= 15 is 0 Å². The van der Waals surface area contributed by atoms with Gasteiger partial charge in [0.2, 0.25) is 0 Å². The summed E-state index contributed by atoms with van der Waals surface area (Å²) >= 11 is 0. The van der Waals surface area contributed by atoms with Crippen LogP contribution in [-0.2, 0) is 9.47 Å². The van der Waals surface area contributed by atoms with Crippen LogP contribution in [0.1, 0.15) is 79.2 Å². The third-order valence-electron chi connectivity index (χ3n) is 8.05. The van der Waals surface area contributed by atoms with E-state index in [0.29, 0.717) is 29.3 Å². The van der Waals surface area contributed by atoms with Crippen LogP contribution in [0.4, 0.5) is 5.82 Å². The lowest BCUT2D eigenvalue weighted by atomic mass is 9.75. The van der Waals surface area contributed by atoms with Crippen LogP contribution >= 0.6 is 0 Å². The third kappa shape index (κ3) is 4.26. The minimum Gasteiger partial charge on any atom is -0.382 e. The first-order chi connectivity index (χ1) is 15.8. The van der Waals surface area contributed by atoms with Crippen molar-refractivity contribution in [3.05, 3.63) is 12.7 Å². The third-order valence-corrected chi connectivity index (χ3v) is 8.05. The van der Waals surface area contributed by atoms with Gasteiger partial charge in [0.1, 0.15) is 17.9 Å². The van der Waals surface area contributed by atoms with Gasteiger partial charge in [0.25, 0.3) is 0 Å². The van der Waals surface area contributed by atoms with Crippen LogP contribution in [0.25, 0.3) is 11.2 Å². The van der Waals surface area contributed by atoms with E-state index in [4.69, 9.17) is 15.2 Å². The average Bonchev–Trinajstić information content (AvgIpc) is 3.37. The molecule has 0 spiro atoms. The molecule has 2 N–H and O–H groups in total. The van der Waals surface area contributed by atoms with E-state index in [1.807, 2.05) is 20.2 Å². The molecule has 5 rings (SSSR count). The zero-order valence-corrected chi connectivity index (χ0v) is 20.8. The van der Waals surface area contributed by atoms with Crippen molar-refractivity contribution in [1.82, 2.24) is 24.4 Å². The predicted molar refractivity (Wildman–Crippen MR) is 129 cm³/mol. The molecule has 0 amide bonds. The maximum atomic E-state index is 6.50. The Morgan fingerprint density at radius 1 is 1.15 bits per heavy atom. The molecule has 2 aromatic heterocycles. The number of nitrogens with two attached hydrogens (primary N) is 1. The van der Waals surface area contributed by atoms with Gasteiger partial charge in [-0.2, -0.15) is 0 Å². The molecule has 0 bridgehead atoms. The number of nitrogens with zero attached hydrogens (tertiary/aromatic N) is 5. The van der Waals surface area contributed by atoms with Gasteiger partial charge in [-0.15, -0.1) is 0 Å². The maximum absolute atomic E-state index is 6.50. The number of ether oxygens (including phenoxy) is 2. The van der Waals surface area contributed by atoms with Crippen molar-refractivity contribution in [1.29, 1.82) is 0 Å². The smallest absolute Gasteiger partial charge is 0.165 e. The molecule has 4 atom stereocenters. The van der Waals surface area contributed by atoms with Crippen LogP contribution < -0.4 is 5.73 Å². The van der Waals surface area contributed by atoms with Crippen LogP contribution in [0, 0.1) is 11.8 Å². The van der Waals surface area contributed by atoms with Crippen molar-refractivity contribution < 1.29 is 9.47 Å². The fraction of sp³-hybridized carbons (Fsp3) is 0.800. The number of imidazole rings is 1. The summed E-state index contributed by atoms with van der Waals surface area (Å²) in [6, 6.07) is 1.34. The summed E-state index contributed by atoms with van der Waals surface area (Å²) in [5, 5.41) is 0. The molecule has 2 saturated carbocycles. The van der Waals surface area contributed by atoms with E-state index in [2.05, 4.69) is 45.2 Å². The second-order valence-electron chi connectivity index (χ2n) is 11.1. The van der Waals surface area contributed by atoms with Gasteiger partial charge in [0, 0.05) is 24.5 Å². The molecule has 1 saturated heterocycles. The van der Waals surface area contributed by atoms with Crippen molar-refractivity contribution in [2.24, 2.45) is 11.8 Å². The molecular weight excluding hydrogens is 416 g/mol. The molecule has 8 nitrogen and oxygen atoms in total. The second-order valence-corrected chi connectivity index (χ2v) is 11.1. The summed E-state index contributed by atoms with van der Waals surface area (Å²) in [6.07, 6.45) is 11.1. The summed E-state index contributed by atoms with van der Waals surface area (Å²) in [6.45, 7) is 12.1. The van der Waals surface area contributed by atoms with Gasteiger partial charge >= 0.3 is 0 Å². The Hall–Kier alpha value is -1.77. The van der Waals surface area contributed by atoms with E-state index in [9.17, 15) is 0 Å². The van der Waals surface area contributed by atoms with Crippen LogP contribution in [0.2, 0.25) is 0 Å². The van der Waals surface area contributed by atoms with Crippen LogP contribution in [-0.4, -0.2) is 61.0 Å². The van der Waals surface area contributed by atoms with Crippen LogP contribution in [0.15, 0.2) is 12.7 Å². The highest BCUT2D eigenvalue weighted by Crippen LogP contribution is 2.48. The normalized spacial score (nSPS) is 33.2. The van der Waals surface area contributed by atoms with Gasteiger partial charge in [-0.25, -0.2) is 15.0 Å². The number of hydrogen-bond donors (Lipinski definition) is 1. The Bertz CT molecular complexity index is 969. The minimum absolute atomic E-state index is 0.0219. The SMILES string of the molecule is CCCCC1CC(N(C[C@H]2C[C@@H](n3cnc4c(N)ncnc43)[C@@H]3OC(C)(C)O[C@H]23)C(C)C)C1. The van der Waals surface area contributed by atoms with Gasteiger partial charge in [-0.05, 0) is 52.9 Å². The number of fused-ring (bicyclic) bond motifs is 2. The number of anilines is 1. The molecule has 0 aromatic carbocycles. The second kappa shape index (κ2) is 8.78. The molecular formula is C25H40N6O2. The van der Waals surface area contributed by atoms with Gasteiger partial charge in [0.05, 0.1) is 18.5 Å². The molecule has 0 radical (unpaired) electrons. The molecule has 3 heterocycles. The van der Waals surface area contributed by atoms with Gasteiger partial charge in [-0.3, -0.25) is 4.90 Å². The van der Waals surface area contributed by atoms with Crippen molar-refractivity contribution in [3.8, 4) is 0 Å². The lowest BCUT2D eigenvalue weighted by molar-refractivity contribution is -0.161. The Morgan fingerprint density at radius 2 is 1.91 bits per heavy atom. The number of rotatable bonds is 8. The summed E-state index contributed by atoms with van der Waals surface area (Å²) in [5.74, 6) is 1.15. The number of aromatic nitrogens is 4. The molecule has 2 aromatic rings. The molecule has 8 heteroatoms. The average molecular weight is 457 g/mol. The Kier molecular flexibility index (Phi) is 6.12. The van der Waals surface area contributed by atoms with Gasteiger partial charge in [0.15, 0.2) is 17.3 Å². The summed E-state index contributed by atoms with van der Waals surface area (Å²) in [7, 11) is 0. The number of unbranched alkanes of at least 4 members (excludes halogenated alkanes) is 1. The summed E-state index contributed by atoms with van der Waals surface area (Å²) in [5.41, 5.74) is 7.49. The Labute approximate surface area is 197 Å². The Morgan fingerprint density at radius 3 is 2.64 bits per heavy atom. The van der Waals surface area contributed by atoms with Gasteiger partial charge < -0.3 is 19.8 Å². The van der Waals surface area contributed by atoms with E-state index in [-0.39, 0.29) is 18.2 Å². The van der Waals surface area contributed by atoms with Crippen molar-refractivity contribution in [2.75, 3.05) is 12.3 Å². The van der Waals surface area contributed by atoms with Crippen LogP contribution in [0.5, 0.6) is 0 Å². The molecule has 3 aliphatic rings. The maximum Gasteiger partial charge on any atom is 0.165 e. The highest BCUT2D eigenvalue weighted by atomic mass is 16.8. The summed E-state index contributed by atoms with van der Waals surface area (Å²) in [4.78, 5) is 15.8. The number of nitrogen functional groups attached to an aromatic ring is 1. The predicted octanol–water partition coefficient (Wildman–Crippen LogP) is 4.17. The fourth-order valence-electron chi connectivity index (χ4n) is 6.37. The van der Waals surface area contributed by atoms with Crippen molar-refractivity contribution in [2.45, 2.75) is 109 Å². The lowest BCUT2D eigenvalue weighted by Crippen LogP contribution is -2.50. The molecule has 1 aliphatic heterocycles. The first kappa shape index (κ1) is 23.0. The zero-order chi connectivity index (χ0) is 23.3. The largest absolute Gasteiger partial charge is 0.382 e. The molecule has 182 valence electrons. The first-order valence-electron chi connectivity index (χ1n) is 12.8. The molecule has 0 unspecified atom stereocenters. The Balaban J connectivity index is 1.36. The van der Waals surface area contributed by atoms with E-state index in [1.165, 1.54) is 38.4 Å². The van der Waals surface area contributed by atoms with Gasteiger partial charge in [-0.1, -0.05) is 26.2 Å². The molecule has 33 heavy (non-hydrogen) atoms. The highest BCUT2D eigenvalue weighted by Gasteiger charge is 2.55. The quantitative estimate of drug-likeness (QED) is 0.637. The lowest BCUT2D eigenvalue weighted by Gasteiger charge is -2.46. The summed E-state index contributed by atoms with van der Waals surface area (Å²) < 4.78 is 15.1.